The maximum atomic E-state index is 13.6. The molecule has 0 saturated carbocycles. The maximum Gasteiger partial charge on any atom is 0.194 e. The predicted molar refractivity (Wildman–Crippen MR) is 77.3 cm³/mol. The van der Waals surface area contributed by atoms with E-state index in [0.717, 1.165) is 37.9 Å². The van der Waals surface area contributed by atoms with Gasteiger partial charge in [-0.15, -0.1) is 0 Å². The minimum Gasteiger partial charge on any atom is -0.330 e. The highest BCUT2D eigenvalue weighted by Crippen LogP contribution is 2.36. The quantitative estimate of drug-likeness (QED) is 0.864. The molecule has 1 aliphatic rings. The van der Waals surface area contributed by atoms with Crippen molar-refractivity contribution in [1.29, 1.82) is 0 Å². The summed E-state index contributed by atoms with van der Waals surface area (Å²) in [6, 6.07) is 2.30. The molecule has 1 aromatic carbocycles. The highest BCUT2D eigenvalue weighted by Gasteiger charge is 2.32. The van der Waals surface area contributed by atoms with E-state index in [-0.39, 0.29) is 18.0 Å². The third-order valence-electron chi connectivity index (χ3n) is 4.36. The molecule has 0 aromatic heterocycles. The van der Waals surface area contributed by atoms with Gasteiger partial charge in [-0.2, -0.15) is 0 Å². The van der Waals surface area contributed by atoms with Crippen molar-refractivity contribution in [2.75, 3.05) is 13.1 Å². The van der Waals surface area contributed by atoms with E-state index >= 15 is 0 Å². The molecule has 1 fully saturated rings. The predicted octanol–water partition coefficient (Wildman–Crippen LogP) is 3.61. The Labute approximate surface area is 124 Å². The van der Waals surface area contributed by atoms with Crippen molar-refractivity contribution < 1.29 is 13.2 Å². The SMILES string of the molecule is CC(C)N1CCCCC(CN)C1c1cc(F)c(F)c(F)c1. The normalized spacial score (nSPS) is 24.3. The zero-order valence-corrected chi connectivity index (χ0v) is 12.6. The zero-order valence-electron chi connectivity index (χ0n) is 12.6. The summed E-state index contributed by atoms with van der Waals surface area (Å²) >= 11 is 0. The monoisotopic (exact) mass is 300 g/mol. The first-order valence-corrected chi connectivity index (χ1v) is 7.56. The molecule has 1 aliphatic heterocycles. The minimum atomic E-state index is -1.41. The van der Waals surface area contributed by atoms with Gasteiger partial charge in [0.25, 0.3) is 0 Å². The van der Waals surface area contributed by atoms with Crippen LogP contribution in [-0.4, -0.2) is 24.0 Å². The number of rotatable bonds is 3. The Morgan fingerprint density at radius 3 is 2.33 bits per heavy atom. The summed E-state index contributed by atoms with van der Waals surface area (Å²) in [4.78, 5) is 2.22. The Balaban J connectivity index is 2.47. The van der Waals surface area contributed by atoms with Gasteiger partial charge in [-0.3, -0.25) is 4.90 Å². The van der Waals surface area contributed by atoms with Gasteiger partial charge in [0.1, 0.15) is 0 Å². The summed E-state index contributed by atoms with van der Waals surface area (Å²) in [6.45, 7) is 5.43. The highest BCUT2D eigenvalue weighted by molar-refractivity contribution is 5.24. The second kappa shape index (κ2) is 6.79. The van der Waals surface area contributed by atoms with Crippen molar-refractivity contribution in [3.05, 3.63) is 35.1 Å². The van der Waals surface area contributed by atoms with E-state index in [1.165, 1.54) is 0 Å². The molecule has 2 rings (SSSR count). The molecule has 2 atom stereocenters. The Hall–Kier alpha value is -1.07. The van der Waals surface area contributed by atoms with Crippen LogP contribution >= 0.6 is 0 Å². The van der Waals surface area contributed by atoms with Gasteiger partial charge < -0.3 is 5.73 Å². The van der Waals surface area contributed by atoms with E-state index in [0.29, 0.717) is 12.1 Å². The van der Waals surface area contributed by atoms with Crippen LogP contribution in [0, 0.1) is 23.4 Å². The average molecular weight is 300 g/mol. The first-order valence-electron chi connectivity index (χ1n) is 7.56. The number of hydrogen-bond donors (Lipinski definition) is 1. The van der Waals surface area contributed by atoms with E-state index in [9.17, 15) is 13.2 Å². The van der Waals surface area contributed by atoms with Gasteiger partial charge in [-0.1, -0.05) is 6.42 Å². The molecule has 0 spiro atoms. The highest BCUT2D eigenvalue weighted by atomic mass is 19.2. The average Bonchev–Trinajstić information content (AvgIpc) is 2.66. The number of likely N-dealkylation sites (tertiary alicyclic amines) is 1. The fraction of sp³-hybridized carbons (Fsp3) is 0.625. The third-order valence-corrected chi connectivity index (χ3v) is 4.36. The molecule has 118 valence electrons. The summed E-state index contributed by atoms with van der Waals surface area (Å²) in [7, 11) is 0. The Bertz CT molecular complexity index is 467. The summed E-state index contributed by atoms with van der Waals surface area (Å²) in [5.74, 6) is -3.55. The lowest BCUT2D eigenvalue weighted by atomic mass is 9.88. The van der Waals surface area contributed by atoms with Crippen LogP contribution < -0.4 is 5.73 Å². The first kappa shape index (κ1) is 16.3. The van der Waals surface area contributed by atoms with Gasteiger partial charge in [-0.05, 0) is 63.4 Å². The molecule has 1 heterocycles. The molecule has 5 heteroatoms. The molecular formula is C16H23F3N2. The van der Waals surface area contributed by atoms with Gasteiger partial charge >= 0.3 is 0 Å². The minimum absolute atomic E-state index is 0.124. The smallest absolute Gasteiger partial charge is 0.194 e. The summed E-state index contributed by atoms with van der Waals surface area (Å²) < 4.78 is 40.4. The zero-order chi connectivity index (χ0) is 15.6. The van der Waals surface area contributed by atoms with Crippen molar-refractivity contribution >= 4 is 0 Å². The summed E-state index contributed by atoms with van der Waals surface area (Å²) in [5.41, 5.74) is 6.36. The standard InChI is InChI=1S/C16H23F3N2/c1-10(2)21-6-4-3-5-11(9-20)16(21)12-7-13(17)15(19)14(18)8-12/h7-8,10-11,16H,3-6,9,20H2,1-2H3. The lowest BCUT2D eigenvalue weighted by Crippen LogP contribution is -2.40. The molecule has 1 saturated heterocycles. The lowest BCUT2D eigenvalue weighted by Gasteiger charge is -2.38. The second-order valence-electron chi connectivity index (χ2n) is 6.07. The van der Waals surface area contributed by atoms with E-state index in [1.807, 2.05) is 0 Å². The Kier molecular flexibility index (Phi) is 5.27. The van der Waals surface area contributed by atoms with Crippen LogP contribution in [0.2, 0.25) is 0 Å². The van der Waals surface area contributed by atoms with E-state index in [1.54, 1.807) is 0 Å². The summed E-state index contributed by atoms with van der Waals surface area (Å²) in [5, 5.41) is 0. The van der Waals surface area contributed by atoms with Crippen LogP contribution in [0.25, 0.3) is 0 Å². The molecule has 2 N–H and O–H groups in total. The van der Waals surface area contributed by atoms with Crippen LogP contribution in [0.1, 0.15) is 44.7 Å². The molecule has 21 heavy (non-hydrogen) atoms. The number of nitrogens with zero attached hydrogens (tertiary/aromatic N) is 1. The van der Waals surface area contributed by atoms with E-state index in [2.05, 4.69) is 18.7 Å². The molecule has 0 aliphatic carbocycles. The molecule has 0 amide bonds. The number of benzene rings is 1. The lowest BCUT2D eigenvalue weighted by molar-refractivity contribution is 0.121. The van der Waals surface area contributed by atoms with Crippen LogP contribution in [0.5, 0.6) is 0 Å². The van der Waals surface area contributed by atoms with Crippen LogP contribution in [-0.2, 0) is 0 Å². The fourth-order valence-corrected chi connectivity index (χ4v) is 3.30. The van der Waals surface area contributed by atoms with Crippen molar-refractivity contribution in [2.45, 2.75) is 45.2 Å². The molecule has 2 nitrogen and oxygen atoms in total. The fourth-order valence-electron chi connectivity index (χ4n) is 3.30. The Morgan fingerprint density at radius 1 is 1.19 bits per heavy atom. The molecular weight excluding hydrogens is 277 g/mol. The van der Waals surface area contributed by atoms with Gasteiger partial charge in [0.15, 0.2) is 17.5 Å². The van der Waals surface area contributed by atoms with E-state index in [4.69, 9.17) is 5.73 Å². The van der Waals surface area contributed by atoms with Crippen molar-refractivity contribution in [3.63, 3.8) is 0 Å². The molecule has 0 bridgehead atoms. The number of hydrogen-bond acceptors (Lipinski definition) is 2. The molecule has 0 radical (unpaired) electrons. The van der Waals surface area contributed by atoms with Crippen LogP contribution in [0.15, 0.2) is 12.1 Å². The van der Waals surface area contributed by atoms with Crippen molar-refractivity contribution in [1.82, 2.24) is 4.90 Å². The first-order chi connectivity index (χ1) is 9.95. The Morgan fingerprint density at radius 2 is 1.81 bits per heavy atom. The van der Waals surface area contributed by atoms with Crippen LogP contribution in [0.4, 0.5) is 13.2 Å². The number of halogens is 3. The van der Waals surface area contributed by atoms with E-state index < -0.39 is 17.5 Å². The van der Waals surface area contributed by atoms with Crippen LogP contribution in [0.3, 0.4) is 0 Å². The van der Waals surface area contributed by atoms with Gasteiger partial charge in [-0.25, -0.2) is 13.2 Å². The van der Waals surface area contributed by atoms with Gasteiger partial charge in [0.2, 0.25) is 0 Å². The summed E-state index contributed by atoms with van der Waals surface area (Å²) in [6.07, 6.45) is 3.01. The third kappa shape index (κ3) is 3.40. The largest absolute Gasteiger partial charge is 0.330 e. The maximum absolute atomic E-state index is 13.6. The second-order valence-corrected chi connectivity index (χ2v) is 6.07. The van der Waals surface area contributed by atoms with Gasteiger partial charge in [0.05, 0.1) is 0 Å². The number of nitrogens with two attached hydrogens (primary N) is 1. The molecule has 2 unspecified atom stereocenters. The molecule has 1 aromatic rings. The van der Waals surface area contributed by atoms with Crippen molar-refractivity contribution in [3.8, 4) is 0 Å². The van der Waals surface area contributed by atoms with Crippen molar-refractivity contribution in [2.24, 2.45) is 11.7 Å². The van der Waals surface area contributed by atoms with Gasteiger partial charge in [0, 0.05) is 12.1 Å². The topological polar surface area (TPSA) is 29.3 Å².